The highest BCUT2D eigenvalue weighted by molar-refractivity contribution is 9.10. The zero-order valence-corrected chi connectivity index (χ0v) is 15.1. The van der Waals surface area contributed by atoms with Gasteiger partial charge < -0.3 is 19.7 Å². The maximum atomic E-state index is 5.92. The molecule has 0 fully saturated rings. The van der Waals surface area contributed by atoms with Crippen molar-refractivity contribution in [3.8, 4) is 17.2 Å². The smallest absolute Gasteiger partial charge is 0.226 e. The zero-order chi connectivity index (χ0) is 17.6. The lowest BCUT2D eigenvalue weighted by Crippen LogP contribution is -2.14. The van der Waals surface area contributed by atoms with E-state index >= 15 is 0 Å². The highest BCUT2D eigenvalue weighted by Crippen LogP contribution is 2.22. The number of amidine groups is 1. The number of aromatic nitrogens is 1. The summed E-state index contributed by atoms with van der Waals surface area (Å²) in [5, 5.41) is 3.92. The van der Waals surface area contributed by atoms with Gasteiger partial charge in [0.05, 0.1) is 7.11 Å². The summed E-state index contributed by atoms with van der Waals surface area (Å²) in [5.74, 6) is 1.56. The average Bonchev–Trinajstić information content (AvgIpc) is 3.11. The molecule has 1 heterocycles. The minimum atomic E-state index is 0.158. The predicted octanol–water partition coefficient (Wildman–Crippen LogP) is 3.95. The first kappa shape index (κ1) is 17.0. The number of halogens is 1. The molecule has 1 aromatic heterocycles. The predicted molar refractivity (Wildman–Crippen MR) is 98.1 cm³/mol. The number of benzene rings is 2. The van der Waals surface area contributed by atoms with Crippen molar-refractivity contribution in [1.82, 2.24) is 4.98 Å². The van der Waals surface area contributed by atoms with E-state index in [0.29, 0.717) is 11.6 Å². The van der Waals surface area contributed by atoms with Gasteiger partial charge in [-0.3, -0.25) is 0 Å². The largest absolute Gasteiger partial charge is 0.497 e. The third-order valence-corrected chi connectivity index (χ3v) is 4.11. The van der Waals surface area contributed by atoms with E-state index in [4.69, 9.17) is 19.7 Å². The quantitative estimate of drug-likeness (QED) is 0.384. The second-order valence-electron chi connectivity index (χ2n) is 5.10. The SMILES string of the molecule is COc1ccc(-c2nc(CO/N=C(\N)c3ccccc3Br)co2)cc1. The van der Waals surface area contributed by atoms with Crippen LogP contribution in [0.3, 0.4) is 0 Å². The van der Waals surface area contributed by atoms with Gasteiger partial charge in [0, 0.05) is 15.6 Å². The highest BCUT2D eigenvalue weighted by Gasteiger charge is 2.08. The molecule has 0 radical (unpaired) electrons. The van der Waals surface area contributed by atoms with Gasteiger partial charge in [-0.1, -0.05) is 39.3 Å². The molecule has 0 unspecified atom stereocenters. The minimum absolute atomic E-state index is 0.158. The Balaban J connectivity index is 1.63. The van der Waals surface area contributed by atoms with Crippen molar-refractivity contribution >= 4 is 21.8 Å². The molecule has 0 saturated heterocycles. The number of hydrogen-bond donors (Lipinski definition) is 1. The van der Waals surface area contributed by atoms with Crippen molar-refractivity contribution < 1.29 is 14.0 Å². The maximum absolute atomic E-state index is 5.92. The molecule has 128 valence electrons. The van der Waals surface area contributed by atoms with Crippen LogP contribution in [0.5, 0.6) is 5.75 Å². The van der Waals surface area contributed by atoms with Crippen LogP contribution in [0.2, 0.25) is 0 Å². The van der Waals surface area contributed by atoms with Crippen LogP contribution in [-0.4, -0.2) is 17.9 Å². The Kier molecular flexibility index (Phi) is 5.35. The summed E-state index contributed by atoms with van der Waals surface area (Å²) in [6.07, 6.45) is 1.53. The van der Waals surface area contributed by atoms with E-state index < -0.39 is 0 Å². The highest BCUT2D eigenvalue weighted by atomic mass is 79.9. The number of oxime groups is 1. The monoisotopic (exact) mass is 401 g/mol. The first-order chi connectivity index (χ1) is 12.2. The fourth-order valence-corrected chi connectivity index (χ4v) is 2.61. The Morgan fingerprint density at radius 1 is 1.20 bits per heavy atom. The van der Waals surface area contributed by atoms with Crippen LogP contribution in [0.15, 0.2) is 68.8 Å². The van der Waals surface area contributed by atoms with Crippen molar-refractivity contribution in [3.63, 3.8) is 0 Å². The lowest BCUT2D eigenvalue weighted by molar-refractivity contribution is 0.127. The van der Waals surface area contributed by atoms with Gasteiger partial charge in [0.2, 0.25) is 5.89 Å². The molecular formula is C18H16BrN3O3. The lowest BCUT2D eigenvalue weighted by atomic mass is 10.2. The van der Waals surface area contributed by atoms with Crippen LogP contribution in [0.4, 0.5) is 0 Å². The number of nitrogens with zero attached hydrogens (tertiary/aromatic N) is 2. The summed E-state index contributed by atoms with van der Waals surface area (Å²) in [5.41, 5.74) is 8.16. The van der Waals surface area contributed by atoms with Gasteiger partial charge in [0.25, 0.3) is 0 Å². The van der Waals surface area contributed by atoms with Gasteiger partial charge in [-0.15, -0.1) is 0 Å². The van der Waals surface area contributed by atoms with Crippen molar-refractivity contribution in [3.05, 3.63) is 70.5 Å². The molecule has 0 saturated carbocycles. The number of nitrogens with two attached hydrogens (primary N) is 1. The van der Waals surface area contributed by atoms with Gasteiger partial charge in [-0.25, -0.2) is 4.98 Å². The first-order valence-electron chi connectivity index (χ1n) is 7.46. The third-order valence-electron chi connectivity index (χ3n) is 3.41. The Bertz CT molecular complexity index is 875. The molecule has 0 bridgehead atoms. The Morgan fingerprint density at radius 3 is 2.68 bits per heavy atom. The average molecular weight is 402 g/mol. The fourth-order valence-electron chi connectivity index (χ4n) is 2.13. The zero-order valence-electron chi connectivity index (χ0n) is 13.5. The van der Waals surface area contributed by atoms with Crippen molar-refractivity contribution in [2.45, 2.75) is 6.61 Å². The van der Waals surface area contributed by atoms with E-state index in [1.165, 1.54) is 6.26 Å². The molecule has 0 aliphatic carbocycles. The Labute approximate surface area is 153 Å². The van der Waals surface area contributed by atoms with Gasteiger partial charge in [-0.2, -0.15) is 0 Å². The molecule has 2 N–H and O–H groups in total. The minimum Gasteiger partial charge on any atom is -0.497 e. The van der Waals surface area contributed by atoms with Gasteiger partial charge in [-0.05, 0) is 30.3 Å². The first-order valence-corrected chi connectivity index (χ1v) is 8.26. The van der Waals surface area contributed by atoms with Crippen LogP contribution in [0.25, 0.3) is 11.5 Å². The van der Waals surface area contributed by atoms with Crippen LogP contribution in [0, 0.1) is 0 Å². The lowest BCUT2D eigenvalue weighted by Gasteiger charge is -2.03. The standard InChI is InChI=1S/C18H16BrN3O3/c1-23-14-8-6-12(7-9-14)18-21-13(10-24-18)11-25-22-17(20)15-4-2-3-5-16(15)19/h2-10H,11H2,1H3,(H2,20,22). The molecule has 25 heavy (non-hydrogen) atoms. The molecule has 0 atom stereocenters. The Hall–Kier alpha value is -2.80. The summed E-state index contributed by atoms with van der Waals surface area (Å²) in [7, 11) is 1.62. The normalized spacial score (nSPS) is 11.4. The summed E-state index contributed by atoms with van der Waals surface area (Å²) < 4.78 is 11.4. The molecule has 0 amide bonds. The molecule has 0 aliphatic heterocycles. The van der Waals surface area contributed by atoms with Gasteiger partial charge in [0.1, 0.15) is 17.7 Å². The van der Waals surface area contributed by atoms with E-state index in [-0.39, 0.29) is 12.4 Å². The van der Waals surface area contributed by atoms with E-state index in [1.54, 1.807) is 7.11 Å². The van der Waals surface area contributed by atoms with Crippen LogP contribution in [0.1, 0.15) is 11.3 Å². The molecule has 0 spiro atoms. The van der Waals surface area contributed by atoms with E-state index in [9.17, 15) is 0 Å². The summed E-state index contributed by atoms with van der Waals surface area (Å²) in [6, 6.07) is 15.0. The topological polar surface area (TPSA) is 82.9 Å². The van der Waals surface area contributed by atoms with Crippen LogP contribution in [-0.2, 0) is 11.4 Å². The van der Waals surface area contributed by atoms with Gasteiger partial charge >= 0.3 is 0 Å². The van der Waals surface area contributed by atoms with Crippen LogP contribution < -0.4 is 10.5 Å². The van der Waals surface area contributed by atoms with E-state index in [2.05, 4.69) is 26.1 Å². The number of hydrogen-bond acceptors (Lipinski definition) is 5. The summed E-state index contributed by atoms with van der Waals surface area (Å²) in [4.78, 5) is 9.65. The van der Waals surface area contributed by atoms with E-state index in [1.807, 2.05) is 48.5 Å². The molecule has 2 aromatic carbocycles. The maximum Gasteiger partial charge on any atom is 0.226 e. The number of oxazole rings is 1. The molecular weight excluding hydrogens is 386 g/mol. The van der Waals surface area contributed by atoms with Crippen molar-refractivity contribution in [2.75, 3.05) is 7.11 Å². The van der Waals surface area contributed by atoms with Crippen LogP contribution >= 0.6 is 15.9 Å². The summed E-state index contributed by atoms with van der Waals surface area (Å²) >= 11 is 3.42. The van der Waals surface area contributed by atoms with E-state index in [0.717, 1.165) is 21.3 Å². The Morgan fingerprint density at radius 2 is 1.96 bits per heavy atom. The molecule has 3 aromatic rings. The summed E-state index contributed by atoms with van der Waals surface area (Å²) in [6.45, 7) is 0.158. The second kappa shape index (κ2) is 7.85. The van der Waals surface area contributed by atoms with Crippen molar-refractivity contribution in [1.29, 1.82) is 0 Å². The second-order valence-corrected chi connectivity index (χ2v) is 5.96. The fraction of sp³-hybridized carbons (Fsp3) is 0.111. The molecule has 0 aliphatic rings. The molecule has 3 rings (SSSR count). The number of methoxy groups -OCH3 is 1. The number of ether oxygens (including phenoxy) is 1. The molecule has 7 heteroatoms. The van der Waals surface area contributed by atoms with Crippen molar-refractivity contribution in [2.24, 2.45) is 10.9 Å². The molecule has 6 nitrogen and oxygen atoms in total. The van der Waals surface area contributed by atoms with Gasteiger partial charge in [0.15, 0.2) is 12.4 Å². The number of rotatable bonds is 6. The third kappa shape index (κ3) is 4.19.